The Bertz CT molecular complexity index is 840. The number of aliphatic hydroxyl groups is 1. The fraction of sp³-hybridized carbons (Fsp3) is 0.211. The number of anilines is 1. The van der Waals surface area contributed by atoms with E-state index in [0.717, 1.165) is 11.3 Å². The molecule has 0 fully saturated rings. The van der Waals surface area contributed by atoms with E-state index < -0.39 is 6.10 Å². The Morgan fingerprint density at radius 1 is 1.16 bits per heavy atom. The van der Waals surface area contributed by atoms with Crippen LogP contribution >= 0.6 is 0 Å². The normalized spacial score (nSPS) is 12.0. The van der Waals surface area contributed by atoms with Crippen molar-refractivity contribution in [2.75, 3.05) is 18.5 Å². The molecule has 2 aromatic heterocycles. The van der Waals surface area contributed by atoms with E-state index in [1.807, 2.05) is 37.1 Å². The number of hydrogen-bond acceptors (Lipinski definition) is 5. The van der Waals surface area contributed by atoms with Gasteiger partial charge in [0.15, 0.2) is 5.82 Å². The first-order valence-electron chi connectivity index (χ1n) is 7.93. The standard InChI is InChI=1S/C19H19FN4O/c1-13-10-18(23-19(22-13)15-4-3-9-21-11-15)24(2)12-17(25)14-5-7-16(20)8-6-14/h3-11,17,25H,12H2,1-2H3. The van der Waals surface area contributed by atoms with E-state index in [1.165, 1.54) is 12.1 Å². The summed E-state index contributed by atoms with van der Waals surface area (Å²) in [5.74, 6) is 0.968. The largest absolute Gasteiger partial charge is 0.387 e. The summed E-state index contributed by atoms with van der Waals surface area (Å²) in [5, 5.41) is 10.4. The molecule has 3 aromatic rings. The van der Waals surface area contributed by atoms with Crippen molar-refractivity contribution in [2.24, 2.45) is 0 Å². The second kappa shape index (κ2) is 7.36. The van der Waals surface area contributed by atoms with Crippen LogP contribution in [0.2, 0.25) is 0 Å². The molecule has 0 amide bonds. The Hall–Kier alpha value is -2.86. The highest BCUT2D eigenvalue weighted by Crippen LogP contribution is 2.21. The lowest BCUT2D eigenvalue weighted by Crippen LogP contribution is -2.25. The molecule has 0 bridgehead atoms. The number of hydrogen-bond donors (Lipinski definition) is 1. The minimum Gasteiger partial charge on any atom is -0.387 e. The van der Waals surface area contributed by atoms with Crippen LogP contribution < -0.4 is 4.90 Å². The molecule has 3 rings (SSSR count). The van der Waals surface area contributed by atoms with Crippen molar-refractivity contribution in [3.8, 4) is 11.4 Å². The molecule has 0 spiro atoms. The molecule has 25 heavy (non-hydrogen) atoms. The van der Waals surface area contributed by atoms with Crippen molar-refractivity contribution >= 4 is 5.82 Å². The van der Waals surface area contributed by atoms with Crippen molar-refractivity contribution in [1.82, 2.24) is 15.0 Å². The summed E-state index contributed by atoms with van der Waals surface area (Å²) >= 11 is 0. The van der Waals surface area contributed by atoms with Gasteiger partial charge in [-0.3, -0.25) is 4.98 Å². The maximum atomic E-state index is 13.0. The van der Waals surface area contributed by atoms with E-state index in [2.05, 4.69) is 15.0 Å². The number of benzene rings is 1. The molecule has 0 aliphatic carbocycles. The minimum atomic E-state index is -0.747. The molecule has 0 aliphatic heterocycles. The second-order valence-corrected chi connectivity index (χ2v) is 5.88. The number of aromatic nitrogens is 3. The van der Waals surface area contributed by atoms with Crippen molar-refractivity contribution in [2.45, 2.75) is 13.0 Å². The topological polar surface area (TPSA) is 62.1 Å². The van der Waals surface area contributed by atoms with Gasteiger partial charge in [0.2, 0.25) is 0 Å². The van der Waals surface area contributed by atoms with E-state index >= 15 is 0 Å². The molecule has 5 nitrogen and oxygen atoms in total. The summed E-state index contributed by atoms with van der Waals surface area (Å²) in [4.78, 5) is 15.0. The summed E-state index contributed by atoms with van der Waals surface area (Å²) in [5.41, 5.74) is 2.32. The smallest absolute Gasteiger partial charge is 0.163 e. The Labute approximate surface area is 145 Å². The van der Waals surface area contributed by atoms with Crippen LogP contribution in [0.25, 0.3) is 11.4 Å². The number of likely N-dealkylation sites (N-methyl/N-ethyl adjacent to an activating group) is 1. The molecule has 2 heterocycles. The van der Waals surface area contributed by atoms with E-state index in [-0.39, 0.29) is 5.82 Å². The quantitative estimate of drug-likeness (QED) is 0.774. The van der Waals surface area contributed by atoms with E-state index in [0.29, 0.717) is 23.8 Å². The lowest BCUT2D eigenvalue weighted by molar-refractivity contribution is 0.184. The monoisotopic (exact) mass is 338 g/mol. The third-order valence-electron chi connectivity index (χ3n) is 3.85. The summed E-state index contributed by atoms with van der Waals surface area (Å²) < 4.78 is 13.0. The van der Waals surface area contributed by atoms with Crippen LogP contribution in [0.15, 0.2) is 54.9 Å². The van der Waals surface area contributed by atoms with Gasteiger partial charge in [-0.1, -0.05) is 12.1 Å². The predicted molar refractivity (Wildman–Crippen MR) is 94.6 cm³/mol. The van der Waals surface area contributed by atoms with Crippen LogP contribution in [0.4, 0.5) is 10.2 Å². The Balaban J connectivity index is 1.81. The van der Waals surface area contributed by atoms with Gasteiger partial charge >= 0.3 is 0 Å². The first-order valence-corrected chi connectivity index (χ1v) is 7.93. The number of nitrogens with zero attached hydrogens (tertiary/aromatic N) is 4. The summed E-state index contributed by atoms with van der Waals surface area (Å²) in [6.45, 7) is 2.23. The molecule has 1 N–H and O–H groups in total. The summed E-state index contributed by atoms with van der Waals surface area (Å²) in [6, 6.07) is 11.4. The zero-order valence-electron chi connectivity index (χ0n) is 14.1. The van der Waals surface area contributed by atoms with Gasteiger partial charge in [-0.2, -0.15) is 0 Å². The third kappa shape index (κ3) is 4.16. The first-order chi connectivity index (χ1) is 12.0. The van der Waals surface area contributed by atoms with Crippen LogP contribution in [0.1, 0.15) is 17.4 Å². The molecule has 1 unspecified atom stereocenters. The lowest BCUT2D eigenvalue weighted by Gasteiger charge is -2.22. The van der Waals surface area contributed by atoms with Gasteiger partial charge in [-0.25, -0.2) is 14.4 Å². The Kier molecular flexibility index (Phi) is 5.00. The molecule has 0 radical (unpaired) electrons. The third-order valence-corrected chi connectivity index (χ3v) is 3.85. The highest BCUT2D eigenvalue weighted by molar-refractivity contribution is 5.56. The van der Waals surface area contributed by atoms with Gasteiger partial charge in [0, 0.05) is 43.3 Å². The maximum absolute atomic E-state index is 13.0. The van der Waals surface area contributed by atoms with Crippen LogP contribution in [0.5, 0.6) is 0 Å². The zero-order valence-corrected chi connectivity index (χ0v) is 14.1. The fourth-order valence-corrected chi connectivity index (χ4v) is 2.51. The minimum absolute atomic E-state index is 0.322. The SMILES string of the molecule is Cc1cc(N(C)CC(O)c2ccc(F)cc2)nc(-c2cccnc2)n1. The predicted octanol–water partition coefficient (Wildman–Crippen LogP) is 3.16. The van der Waals surface area contributed by atoms with Crippen molar-refractivity contribution in [1.29, 1.82) is 0 Å². The number of rotatable bonds is 5. The average Bonchev–Trinajstić information content (AvgIpc) is 2.62. The van der Waals surface area contributed by atoms with Crippen molar-refractivity contribution < 1.29 is 9.50 Å². The van der Waals surface area contributed by atoms with Gasteiger partial charge in [0.05, 0.1) is 6.10 Å². The van der Waals surface area contributed by atoms with Gasteiger partial charge in [-0.15, -0.1) is 0 Å². The van der Waals surface area contributed by atoms with Gasteiger partial charge < -0.3 is 10.0 Å². The number of halogens is 1. The first kappa shape index (κ1) is 17.0. The molecule has 6 heteroatoms. The van der Waals surface area contributed by atoms with Crippen LogP contribution in [-0.2, 0) is 0 Å². The average molecular weight is 338 g/mol. The van der Waals surface area contributed by atoms with Gasteiger partial charge in [0.25, 0.3) is 0 Å². The molecule has 0 saturated carbocycles. The summed E-state index contributed by atoms with van der Waals surface area (Å²) in [6.07, 6.45) is 2.67. The fourth-order valence-electron chi connectivity index (χ4n) is 2.51. The van der Waals surface area contributed by atoms with E-state index in [9.17, 15) is 9.50 Å². The molecular weight excluding hydrogens is 319 g/mol. The Morgan fingerprint density at radius 2 is 1.92 bits per heavy atom. The number of aliphatic hydroxyl groups excluding tert-OH is 1. The Morgan fingerprint density at radius 3 is 2.60 bits per heavy atom. The number of pyridine rings is 1. The summed E-state index contributed by atoms with van der Waals surface area (Å²) in [7, 11) is 1.85. The molecule has 128 valence electrons. The van der Waals surface area contributed by atoms with E-state index in [1.54, 1.807) is 24.5 Å². The highest BCUT2D eigenvalue weighted by atomic mass is 19.1. The van der Waals surface area contributed by atoms with Crippen molar-refractivity contribution in [3.63, 3.8) is 0 Å². The zero-order chi connectivity index (χ0) is 17.8. The van der Waals surface area contributed by atoms with Crippen LogP contribution in [0, 0.1) is 12.7 Å². The molecule has 1 atom stereocenters. The van der Waals surface area contributed by atoms with Gasteiger partial charge in [0.1, 0.15) is 11.6 Å². The molecule has 0 saturated heterocycles. The maximum Gasteiger partial charge on any atom is 0.163 e. The molecular formula is C19H19FN4O. The van der Waals surface area contributed by atoms with Gasteiger partial charge in [-0.05, 0) is 36.8 Å². The number of aryl methyl sites for hydroxylation is 1. The molecule has 1 aromatic carbocycles. The molecule has 0 aliphatic rings. The lowest BCUT2D eigenvalue weighted by atomic mass is 10.1. The van der Waals surface area contributed by atoms with Crippen LogP contribution in [0.3, 0.4) is 0 Å². The highest BCUT2D eigenvalue weighted by Gasteiger charge is 2.14. The van der Waals surface area contributed by atoms with Crippen molar-refractivity contribution in [3.05, 3.63) is 71.9 Å². The second-order valence-electron chi connectivity index (χ2n) is 5.88. The van der Waals surface area contributed by atoms with Crippen LogP contribution in [-0.4, -0.2) is 33.7 Å². The van der Waals surface area contributed by atoms with E-state index in [4.69, 9.17) is 0 Å².